The van der Waals surface area contributed by atoms with Crippen molar-refractivity contribution in [3.05, 3.63) is 83.6 Å². The number of anilines is 1. The van der Waals surface area contributed by atoms with Crippen molar-refractivity contribution in [1.29, 1.82) is 5.26 Å². The van der Waals surface area contributed by atoms with E-state index in [1.807, 2.05) is 66.7 Å². The lowest BCUT2D eigenvalue weighted by Gasteiger charge is -2.05. The van der Waals surface area contributed by atoms with Crippen molar-refractivity contribution in [2.24, 2.45) is 0 Å². The Labute approximate surface area is 162 Å². The minimum absolute atomic E-state index is 0.0137. The second-order valence-electron chi connectivity index (χ2n) is 5.75. The van der Waals surface area contributed by atoms with Crippen molar-refractivity contribution in [1.82, 2.24) is 0 Å². The van der Waals surface area contributed by atoms with Crippen LogP contribution in [-0.2, 0) is 11.2 Å². The van der Waals surface area contributed by atoms with Crippen LogP contribution in [-0.4, -0.2) is 5.91 Å². The van der Waals surface area contributed by atoms with Gasteiger partial charge in [0.15, 0.2) is 5.09 Å². The number of carbonyl (C=O) groups excluding carboxylic acids is 1. The van der Waals surface area contributed by atoms with Gasteiger partial charge in [-0.15, -0.1) is 0 Å². The highest BCUT2D eigenvalue weighted by Gasteiger charge is 2.11. The molecule has 0 spiro atoms. The lowest BCUT2D eigenvalue weighted by atomic mass is 10.1. The number of nitrogens with one attached hydrogen (secondary N) is 1. The Morgan fingerprint density at radius 2 is 1.85 bits per heavy atom. The molecule has 134 valence electrons. The first kappa shape index (κ1) is 18.6. The molecule has 1 aromatic heterocycles. The molecule has 27 heavy (non-hydrogen) atoms. The molecular weight excluding hydrogens is 356 g/mol. The summed E-state index contributed by atoms with van der Waals surface area (Å²) in [7, 11) is 0. The summed E-state index contributed by atoms with van der Waals surface area (Å²) < 4.78 is 5.71. The molecule has 1 heterocycles. The number of nitrogens with zero attached hydrogens (tertiary/aromatic N) is 1. The largest absolute Gasteiger partial charge is 0.450 e. The molecule has 0 unspecified atom stereocenters. The number of aryl methyl sites for hydroxylation is 1. The third-order valence-corrected chi connectivity index (χ3v) is 4.76. The minimum Gasteiger partial charge on any atom is -0.450 e. The monoisotopic (exact) mass is 374 g/mol. The predicted molar refractivity (Wildman–Crippen MR) is 107 cm³/mol. The fourth-order valence-corrected chi connectivity index (χ4v) is 3.18. The maximum absolute atomic E-state index is 12.4. The normalized spacial score (nSPS) is 11.0. The lowest BCUT2D eigenvalue weighted by Crippen LogP contribution is -2.13. The second kappa shape index (κ2) is 8.93. The Balaban J connectivity index is 1.70. The first-order valence-electron chi connectivity index (χ1n) is 8.52. The van der Waals surface area contributed by atoms with Gasteiger partial charge in [0.2, 0.25) is 0 Å². The van der Waals surface area contributed by atoms with Gasteiger partial charge in [-0.1, -0.05) is 49.0 Å². The number of carbonyl (C=O) groups is 1. The van der Waals surface area contributed by atoms with E-state index < -0.39 is 5.91 Å². The molecule has 1 N–H and O–H groups in total. The van der Waals surface area contributed by atoms with Crippen LogP contribution < -0.4 is 5.32 Å². The number of hydrogen-bond donors (Lipinski definition) is 1. The molecule has 3 aromatic rings. The van der Waals surface area contributed by atoms with E-state index in [1.54, 1.807) is 6.07 Å². The molecule has 0 aliphatic carbocycles. The molecule has 1 amide bonds. The van der Waals surface area contributed by atoms with Crippen LogP contribution in [0, 0.1) is 11.3 Å². The smallest absolute Gasteiger partial charge is 0.266 e. The van der Waals surface area contributed by atoms with Crippen LogP contribution in [0.3, 0.4) is 0 Å². The molecule has 0 saturated heterocycles. The van der Waals surface area contributed by atoms with Gasteiger partial charge in [0.05, 0.1) is 0 Å². The molecule has 4 nitrogen and oxygen atoms in total. The maximum atomic E-state index is 12.4. The molecule has 0 aliphatic heterocycles. The van der Waals surface area contributed by atoms with Crippen molar-refractivity contribution in [2.45, 2.75) is 23.3 Å². The zero-order valence-electron chi connectivity index (χ0n) is 14.8. The average Bonchev–Trinajstić information content (AvgIpc) is 3.14. The van der Waals surface area contributed by atoms with Gasteiger partial charge in [-0.2, -0.15) is 5.26 Å². The van der Waals surface area contributed by atoms with Crippen LogP contribution >= 0.6 is 11.8 Å². The quantitative estimate of drug-likeness (QED) is 0.454. The van der Waals surface area contributed by atoms with Crippen molar-refractivity contribution < 1.29 is 9.21 Å². The van der Waals surface area contributed by atoms with Crippen LogP contribution in [0.1, 0.15) is 18.2 Å². The SMILES string of the molecule is CCc1ccc(NC(=O)/C(C#N)=C\c2ccc(Sc3ccccc3)o2)cc1. The van der Waals surface area contributed by atoms with Crippen LogP contribution in [0.5, 0.6) is 0 Å². The summed E-state index contributed by atoms with van der Waals surface area (Å²) in [4.78, 5) is 13.4. The van der Waals surface area contributed by atoms with E-state index in [0.29, 0.717) is 16.5 Å². The zero-order chi connectivity index (χ0) is 19.1. The van der Waals surface area contributed by atoms with Crippen LogP contribution in [0.15, 0.2) is 86.7 Å². The first-order chi connectivity index (χ1) is 13.2. The number of rotatable bonds is 6. The summed E-state index contributed by atoms with van der Waals surface area (Å²) in [6.07, 6.45) is 2.38. The van der Waals surface area contributed by atoms with Gasteiger partial charge >= 0.3 is 0 Å². The molecule has 0 saturated carbocycles. The highest BCUT2D eigenvalue weighted by molar-refractivity contribution is 7.99. The number of amides is 1. The molecule has 0 fully saturated rings. The summed E-state index contributed by atoms with van der Waals surface area (Å²) in [6.45, 7) is 2.07. The molecule has 0 radical (unpaired) electrons. The number of furan rings is 1. The Morgan fingerprint density at radius 3 is 2.52 bits per heavy atom. The van der Waals surface area contributed by atoms with Crippen molar-refractivity contribution in [2.75, 3.05) is 5.32 Å². The van der Waals surface area contributed by atoms with E-state index in [9.17, 15) is 10.1 Å². The second-order valence-corrected chi connectivity index (χ2v) is 6.82. The van der Waals surface area contributed by atoms with E-state index >= 15 is 0 Å². The summed E-state index contributed by atoms with van der Waals surface area (Å²) in [5.41, 5.74) is 1.82. The van der Waals surface area contributed by atoms with Crippen LogP contribution in [0.4, 0.5) is 5.69 Å². The Bertz CT molecular complexity index is 983. The van der Waals surface area contributed by atoms with Crippen molar-refractivity contribution in [3.8, 4) is 6.07 Å². The third-order valence-electron chi connectivity index (χ3n) is 3.84. The molecule has 0 atom stereocenters. The van der Waals surface area contributed by atoms with Gasteiger partial charge in [-0.05, 0) is 48.4 Å². The standard InChI is InChI=1S/C22H18N2O2S/c1-2-16-8-10-18(11-9-16)24-22(25)17(15-23)14-19-12-13-21(26-19)27-20-6-4-3-5-7-20/h3-14H,2H2,1H3,(H,24,25)/b17-14-. The summed E-state index contributed by atoms with van der Waals surface area (Å²) in [6, 6.07) is 22.9. The lowest BCUT2D eigenvalue weighted by molar-refractivity contribution is -0.112. The van der Waals surface area contributed by atoms with Gasteiger partial charge in [-0.3, -0.25) is 4.79 Å². The van der Waals surface area contributed by atoms with Crippen LogP contribution in [0.2, 0.25) is 0 Å². The molecule has 2 aromatic carbocycles. The van der Waals surface area contributed by atoms with Gasteiger partial charge < -0.3 is 9.73 Å². The minimum atomic E-state index is -0.463. The first-order valence-corrected chi connectivity index (χ1v) is 9.34. The summed E-state index contributed by atoms with van der Waals surface area (Å²) in [5.74, 6) is -0.00290. The molecule has 0 bridgehead atoms. The van der Waals surface area contributed by atoms with Gasteiger partial charge in [0.25, 0.3) is 5.91 Å². The van der Waals surface area contributed by atoms with Gasteiger partial charge in [0.1, 0.15) is 17.4 Å². The predicted octanol–water partition coefficient (Wildman–Crippen LogP) is 5.54. The number of benzene rings is 2. The van der Waals surface area contributed by atoms with Crippen molar-refractivity contribution >= 4 is 29.4 Å². The zero-order valence-corrected chi connectivity index (χ0v) is 15.6. The van der Waals surface area contributed by atoms with E-state index in [4.69, 9.17) is 4.42 Å². The van der Waals surface area contributed by atoms with E-state index in [0.717, 1.165) is 11.3 Å². The molecular formula is C22H18N2O2S. The van der Waals surface area contributed by atoms with E-state index in [1.165, 1.54) is 23.4 Å². The summed E-state index contributed by atoms with van der Waals surface area (Å²) in [5, 5.41) is 12.8. The highest BCUT2D eigenvalue weighted by Crippen LogP contribution is 2.29. The Kier molecular flexibility index (Phi) is 6.14. The molecule has 3 rings (SSSR count). The Morgan fingerprint density at radius 1 is 1.11 bits per heavy atom. The highest BCUT2D eigenvalue weighted by atomic mass is 32.2. The van der Waals surface area contributed by atoms with E-state index in [2.05, 4.69) is 12.2 Å². The Hall–Kier alpha value is -3.23. The topological polar surface area (TPSA) is 66.0 Å². The third kappa shape index (κ3) is 5.13. The summed E-state index contributed by atoms with van der Waals surface area (Å²) >= 11 is 1.48. The van der Waals surface area contributed by atoms with Crippen LogP contribution in [0.25, 0.3) is 6.08 Å². The van der Waals surface area contributed by atoms with Gasteiger partial charge in [0, 0.05) is 16.7 Å². The molecule has 0 aliphatic rings. The average molecular weight is 374 g/mol. The van der Waals surface area contributed by atoms with Gasteiger partial charge in [-0.25, -0.2) is 0 Å². The maximum Gasteiger partial charge on any atom is 0.266 e. The fourth-order valence-electron chi connectivity index (χ4n) is 2.38. The number of hydrogen-bond acceptors (Lipinski definition) is 4. The fraction of sp³-hybridized carbons (Fsp3) is 0.0909. The van der Waals surface area contributed by atoms with E-state index in [-0.39, 0.29) is 5.57 Å². The van der Waals surface area contributed by atoms with Crippen molar-refractivity contribution in [3.63, 3.8) is 0 Å². The molecule has 5 heteroatoms. The number of nitriles is 1.